The highest BCUT2D eigenvalue weighted by Crippen LogP contribution is 2.28. The third-order valence-corrected chi connectivity index (χ3v) is 4.42. The SMILES string of the molecule is CCCC(CNC(=O)c1ccc(OCc2cscn2)c(OC)c1)C(=O)O. The summed E-state index contributed by atoms with van der Waals surface area (Å²) in [5.74, 6) is -0.915. The van der Waals surface area contributed by atoms with E-state index in [2.05, 4.69) is 10.3 Å². The predicted octanol–water partition coefficient (Wildman–Crippen LogP) is 2.96. The molecule has 1 atom stereocenters. The first-order chi connectivity index (χ1) is 12.5. The first-order valence-corrected chi connectivity index (χ1v) is 9.18. The second kappa shape index (κ2) is 9.76. The van der Waals surface area contributed by atoms with Crippen LogP contribution in [0.2, 0.25) is 0 Å². The van der Waals surface area contributed by atoms with Crippen LogP contribution >= 0.6 is 11.3 Å². The molecule has 0 spiro atoms. The summed E-state index contributed by atoms with van der Waals surface area (Å²) in [7, 11) is 1.49. The monoisotopic (exact) mass is 378 g/mol. The van der Waals surface area contributed by atoms with E-state index in [1.807, 2.05) is 12.3 Å². The maximum Gasteiger partial charge on any atom is 0.308 e. The Balaban J connectivity index is 2.00. The van der Waals surface area contributed by atoms with E-state index in [9.17, 15) is 9.59 Å². The van der Waals surface area contributed by atoms with Crippen molar-refractivity contribution in [3.05, 3.63) is 40.3 Å². The number of nitrogens with one attached hydrogen (secondary N) is 1. The summed E-state index contributed by atoms with van der Waals surface area (Å²) in [6.45, 7) is 2.31. The number of benzene rings is 1. The fourth-order valence-electron chi connectivity index (χ4n) is 2.37. The maximum absolute atomic E-state index is 12.3. The van der Waals surface area contributed by atoms with Crippen molar-refractivity contribution in [3.8, 4) is 11.5 Å². The second-order valence-electron chi connectivity index (χ2n) is 5.67. The Morgan fingerprint density at radius 1 is 1.35 bits per heavy atom. The van der Waals surface area contributed by atoms with Gasteiger partial charge in [0.15, 0.2) is 11.5 Å². The van der Waals surface area contributed by atoms with E-state index in [0.717, 1.165) is 12.1 Å². The summed E-state index contributed by atoms with van der Waals surface area (Å²) in [6.07, 6.45) is 1.26. The van der Waals surface area contributed by atoms with Gasteiger partial charge in [-0.1, -0.05) is 13.3 Å². The average molecular weight is 378 g/mol. The normalized spacial score (nSPS) is 11.6. The van der Waals surface area contributed by atoms with Gasteiger partial charge in [0.05, 0.1) is 24.2 Å². The molecule has 7 nitrogen and oxygen atoms in total. The van der Waals surface area contributed by atoms with Crippen LogP contribution < -0.4 is 14.8 Å². The van der Waals surface area contributed by atoms with Crippen molar-refractivity contribution in [3.63, 3.8) is 0 Å². The van der Waals surface area contributed by atoms with Gasteiger partial charge in [0.2, 0.25) is 0 Å². The van der Waals surface area contributed by atoms with Gasteiger partial charge in [-0.05, 0) is 24.6 Å². The smallest absolute Gasteiger partial charge is 0.308 e. The van der Waals surface area contributed by atoms with E-state index >= 15 is 0 Å². The third kappa shape index (κ3) is 5.45. The molecule has 1 aromatic heterocycles. The molecule has 2 rings (SSSR count). The van der Waals surface area contributed by atoms with Crippen LogP contribution in [-0.2, 0) is 11.4 Å². The molecular formula is C18H22N2O5S. The van der Waals surface area contributed by atoms with Gasteiger partial charge >= 0.3 is 5.97 Å². The maximum atomic E-state index is 12.3. The van der Waals surface area contributed by atoms with Gasteiger partial charge in [0.1, 0.15) is 6.61 Å². The van der Waals surface area contributed by atoms with Gasteiger partial charge in [-0.3, -0.25) is 9.59 Å². The number of hydrogen-bond acceptors (Lipinski definition) is 6. The molecule has 1 heterocycles. The largest absolute Gasteiger partial charge is 0.493 e. The molecule has 2 N–H and O–H groups in total. The van der Waals surface area contributed by atoms with Gasteiger partial charge < -0.3 is 19.9 Å². The molecule has 0 aliphatic carbocycles. The third-order valence-electron chi connectivity index (χ3n) is 3.78. The van der Waals surface area contributed by atoms with Crippen LogP contribution in [0.4, 0.5) is 0 Å². The van der Waals surface area contributed by atoms with Gasteiger partial charge in [-0.15, -0.1) is 11.3 Å². The van der Waals surface area contributed by atoms with E-state index in [0.29, 0.717) is 30.1 Å². The molecule has 26 heavy (non-hydrogen) atoms. The van der Waals surface area contributed by atoms with Crippen molar-refractivity contribution in [2.24, 2.45) is 5.92 Å². The predicted molar refractivity (Wildman–Crippen MR) is 97.8 cm³/mol. The Kier molecular flexibility index (Phi) is 7.40. The number of hydrogen-bond donors (Lipinski definition) is 2. The molecule has 1 unspecified atom stereocenters. The molecule has 8 heteroatoms. The molecule has 0 saturated heterocycles. The average Bonchev–Trinajstić information content (AvgIpc) is 3.16. The van der Waals surface area contributed by atoms with Gasteiger partial charge in [0, 0.05) is 17.5 Å². The molecule has 0 saturated carbocycles. The number of nitrogens with zero attached hydrogens (tertiary/aromatic N) is 1. The minimum atomic E-state index is -0.907. The highest BCUT2D eigenvalue weighted by atomic mass is 32.1. The number of carbonyl (C=O) groups is 2. The molecule has 1 aromatic carbocycles. The van der Waals surface area contributed by atoms with E-state index in [4.69, 9.17) is 14.6 Å². The fraction of sp³-hybridized carbons (Fsp3) is 0.389. The van der Waals surface area contributed by atoms with Crippen LogP contribution in [0.1, 0.15) is 35.8 Å². The molecule has 0 fully saturated rings. The minimum absolute atomic E-state index is 0.0897. The molecule has 0 radical (unpaired) electrons. The van der Waals surface area contributed by atoms with Crippen molar-refractivity contribution >= 4 is 23.2 Å². The van der Waals surface area contributed by atoms with Crippen molar-refractivity contribution < 1.29 is 24.2 Å². The van der Waals surface area contributed by atoms with Crippen LogP contribution in [0.25, 0.3) is 0 Å². The quantitative estimate of drug-likeness (QED) is 0.660. The molecule has 1 amide bonds. The summed E-state index contributed by atoms with van der Waals surface area (Å²) in [5.41, 5.74) is 2.92. The zero-order valence-electron chi connectivity index (χ0n) is 14.7. The number of carboxylic acids is 1. The van der Waals surface area contributed by atoms with Gasteiger partial charge in [-0.2, -0.15) is 0 Å². The highest BCUT2D eigenvalue weighted by molar-refractivity contribution is 7.07. The molecule has 0 bridgehead atoms. The van der Waals surface area contributed by atoms with Crippen molar-refractivity contribution in [2.75, 3.05) is 13.7 Å². The molecule has 140 valence electrons. The number of ether oxygens (including phenoxy) is 2. The van der Waals surface area contributed by atoms with E-state index in [1.165, 1.54) is 18.4 Å². The van der Waals surface area contributed by atoms with Crippen LogP contribution in [0.3, 0.4) is 0 Å². The van der Waals surface area contributed by atoms with Crippen molar-refractivity contribution in [1.82, 2.24) is 10.3 Å². The number of aromatic nitrogens is 1. The summed E-state index contributed by atoms with van der Waals surface area (Å²) in [6, 6.07) is 4.84. The van der Waals surface area contributed by atoms with Gasteiger partial charge in [0.25, 0.3) is 5.91 Å². The van der Waals surface area contributed by atoms with E-state index < -0.39 is 11.9 Å². The number of methoxy groups -OCH3 is 1. The number of rotatable bonds is 10. The molecular weight excluding hydrogens is 356 g/mol. The number of amides is 1. The second-order valence-corrected chi connectivity index (χ2v) is 6.39. The van der Waals surface area contributed by atoms with E-state index in [1.54, 1.807) is 23.7 Å². The van der Waals surface area contributed by atoms with Gasteiger partial charge in [-0.25, -0.2) is 4.98 Å². The zero-order chi connectivity index (χ0) is 18.9. The van der Waals surface area contributed by atoms with Crippen LogP contribution in [0.5, 0.6) is 11.5 Å². The van der Waals surface area contributed by atoms with Crippen LogP contribution in [0, 0.1) is 5.92 Å². The number of thiazole rings is 1. The topological polar surface area (TPSA) is 97.8 Å². The minimum Gasteiger partial charge on any atom is -0.493 e. The zero-order valence-corrected chi connectivity index (χ0v) is 15.5. The Hall–Kier alpha value is -2.61. The Labute approximate surface area is 156 Å². The molecule has 0 aliphatic heterocycles. The number of aliphatic carboxylic acids is 1. The summed E-state index contributed by atoms with van der Waals surface area (Å²) in [4.78, 5) is 27.6. The summed E-state index contributed by atoms with van der Waals surface area (Å²) in [5, 5.41) is 13.7. The Morgan fingerprint density at radius 2 is 2.15 bits per heavy atom. The summed E-state index contributed by atoms with van der Waals surface area (Å²) < 4.78 is 11.0. The van der Waals surface area contributed by atoms with Crippen molar-refractivity contribution in [1.29, 1.82) is 0 Å². The molecule has 0 aliphatic rings. The Bertz CT molecular complexity index is 733. The molecule has 2 aromatic rings. The first kappa shape index (κ1) is 19.7. The number of carboxylic acid groups (broad SMARTS) is 1. The van der Waals surface area contributed by atoms with E-state index in [-0.39, 0.29) is 12.5 Å². The van der Waals surface area contributed by atoms with Crippen LogP contribution in [-0.4, -0.2) is 35.6 Å². The highest BCUT2D eigenvalue weighted by Gasteiger charge is 2.18. The number of carbonyl (C=O) groups excluding carboxylic acids is 1. The first-order valence-electron chi connectivity index (χ1n) is 8.24. The Morgan fingerprint density at radius 3 is 2.77 bits per heavy atom. The standard InChI is InChI=1S/C18H22N2O5S/c1-3-4-13(18(22)23)8-19-17(21)12-5-6-15(16(7-12)24-2)25-9-14-10-26-11-20-14/h5-7,10-11,13H,3-4,8-9H2,1-2H3,(H,19,21)(H,22,23). The summed E-state index contributed by atoms with van der Waals surface area (Å²) >= 11 is 1.49. The lowest BCUT2D eigenvalue weighted by Crippen LogP contribution is -2.32. The lowest BCUT2D eigenvalue weighted by atomic mass is 10.0. The lowest BCUT2D eigenvalue weighted by molar-refractivity contribution is -0.141. The van der Waals surface area contributed by atoms with Crippen molar-refractivity contribution in [2.45, 2.75) is 26.4 Å². The van der Waals surface area contributed by atoms with Crippen LogP contribution in [0.15, 0.2) is 29.1 Å². The lowest BCUT2D eigenvalue weighted by Gasteiger charge is -2.14. The fourth-order valence-corrected chi connectivity index (χ4v) is 2.91.